The molecule has 5 nitrogen and oxygen atoms in total. The maximum Gasteiger partial charge on any atom is 0.140 e. The molecule has 2 heterocycles. The van der Waals surface area contributed by atoms with E-state index in [1.807, 2.05) is 18.2 Å². The number of methoxy groups -OCH3 is 1. The number of aliphatic hydroxyl groups is 2. The molecule has 2 N–H and O–H groups in total. The average molecular weight is 531 g/mol. The Bertz CT molecular complexity index is 1280. The van der Waals surface area contributed by atoms with Gasteiger partial charge in [0.2, 0.25) is 0 Å². The molecule has 1 fully saturated rings. The highest BCUT2D eigenvalue weighted by molar-refractivity contribution is 6.32. The maximum atomic E-state index is 13.9. The quantitative estimate of drug-likeness (QED) is 0.387. The minimum atomic E-state index is -0.795. The van der Waals surface area contributed by atoms with Gasteiger partial charge in [-0.1, -0.05) is 35.0 Å². The molecule has 0 aliphatic carbocycles. The smallest absolute Gasteiger partial charge is 0.140 e. The number of fused-ring (bicyclic) bond motifs is 1. The summed E-state index contributed by atoms with van der Waals surface area (Å²) in [4.78, 5) is 6.56. The number of aromatic nitrogens is 1. The summed E-state index contributed by atoms with van der Waals surface area (Å²) in [5.41, 5.74) is 1.42. The molecule has 4 rings (SSSR count). The van der Waals surface area contributed by atoms with Crippen LogP contribution in [0.1, 0.15) is 42.9 Å². The third-order valence-electron chi connectivity index (χ3n) is 7.06. The zero-order valence-electron chi connectivity index (χ0n) is 20.1. The molecule has 0 saturated carbocycles. The third-order valence-corrected chi connectivity index (χ3v) is 7.59. The first-order valence-electron chi connectivity index (χ1n) is 11.9. The molecule has 1 aliphatic heterocycles. The lowest BCUT2D eigenvalue weighted by Crippen LogP contribution is -2.42. The van der Waals surface area contributed by atoms with E-state index in [2.05, 4.69) is 21.7 Å². The van der Waals surface area contributed by atoms with Gasteiger partial charge in [0.25, 0.3) is 0 Å². The van der Waals surface area contributed by atoms with Crippen LogP contribution in [-0.4, -0.2) is 53.4 Å². The number of likely N-dealkylation sites (tertiary alicyclic amines) is 1. The predicted octanol–water partition coefficient (Wildman–Crippen LogP) is 5.63. The van der Waals surface area contributed by atoms with Crippen LogP contribution in [0.25, 0.3) is 10.9 Å². The summed E-state index contributed by atoms with van der Waals surface area (Å²) in [6.07, 6.45) is 3.46. The van der Waals surface area contributed by atoms with Gasteiger partial charge in [-0.05, 0) is 80.6 Å². The standard InChI is InChI=1S/C28H29Cl2FN2O3/c1-36-21-6-7-25-22(16-21)27(23(30)17-32-25)26(35)8-9-28(18-34)10-13-33(14-11-28)12-2-3-19-4-5-20(29)15-24(19)31/h4-7,15-17,26,34-35H,8-14,18H2,1H3. The fourth-order valence-corrected chi connectivity index (χ4v) is 5.17. The highest BCUT2D eigenvalue weighted by atomic mass is 35.5. The molecule has 0 amide bonds. The van der Waals surface area contributed by atoms with Gasteiger partial charge in [0.15, 0.2) is 0 Å². The Morgan fingerprint density at radius 1 is 1.19 bits per heavy atom. The second kappa shape index (κ2) is 11.8. The molecule has 1 atom stereocenters. The van der Waals surface area contributed by atoms with Gasteiger partial charge in [0.05, 0.1) is 35.9 Å². The van der Waals surface area contributed by atoms with Gasteiger partial charge in [-0.25, -0.2) is 4.39 Å². The Labute approximate surface area is 220 Å². The number of ether oxygens (including phenoxy) is 1. The highest BCUT2D eigenvalue weighted by Crippen LogP contribution is 2.40. The summed E-state index contributed by atoms with van der Waals surface area (Å²) >= 11 is 12.2. The second-order valence-electron chi connectivity index (χ2n) is 9.32. The number of aliphatic hydroxyl groups excluding tert-OH is 2. The van der Waals surface area contributed by atoms with E-state index in [1.54, 1.807) is 25.4 Å². The van der Waals surface area contributed by atoms with Crippen molar-refractivity contribution in [3.63, 3.8) is 0 Å². The summed E-state index contributed by atoms with van der Waals surface area (Å²) in [5, 5.41) is 22.9. The zero-order chi connectivity index (χ0) is 25.7. The molecular weight excluding hydrogens is 502 g/mol. The van der Waals surface area contributed by atoms with Gasteiger partial charge in [-0.15, -0.1) is 0 Å². The number of halogens is 3. The lowest BCUT2D eigenvalue weighted by molar-refractivity contribution is 0.0273. The number of piperidine rings is 1. The fourth-order valence-electron chi connectivity index (χ4n) is 4.73. The number of rotatable bonds is 7. The summed E-state index contributed by atoms with van der Waals surface area (Å²) in [6.45, 7) is 2.11. The normalized spacial score (nSPS) is 16.4. The van der Waals surface area contributed by atoms with Gasteiger partial charge in [0, 0.05) is 28.8 Å². The van der Waals surface area contributed by atoms with Crippen LogP contribution in [0.15, 0.2) is 42.6 Å². The van der Waals surface area contributed by atoms with E-state index in [0.29, 0.717) is 46.3 Å². The van der Waals surface area contributed by atoms with Gasteiger partial charge < -0.3 is 14.9 Å². The van der Waals surface area contributed by atoms with Crippen molar-refractivity contribution >= 4 is 34.1 Å². The Balaban J connectivity index is 1.38. The molecule has 2 aromatic carbocycles. The molecule has 0 spiro atoms. The minimum Gasteiger partial charge on any atom is -0.497 e. The summed E-state index contributed by atoms with van der Waals surface area (Å²) in [7, 11) is 1.59. The Hall–Kier alpha value is -2.40. The molecule has 3 aromatic rings. The molecule has 1 aliphatic rings. The summed E-state index contributed by atoms with van der Waals surface area (Å²) in [5.74, 6) is 6.16. The van der Waals surface area contributed by atoms with Crippen LogP contribution in [0.4, 0.5) is 4.39 Å². The molecule has 36 heavy (non-hydrogen) atoms. The van der Waals surface area contributed by atoms with E-state index in [-0.39, 0.29) is 12.0 Å². The lowest BCUT2D eigenvalue weighted by atomic mass is 9.74. The van der Waals surface area contributed by atoms with Crippen molar-refractivity contribution in [2.45, 2.75) is 31.8 Å². The Morgan fingerprint density at radius 2 is 1.97 bits per heavy atom. The first-order valence-corrected chi connectivity index (χ1v) is 12.7. The first-order chi connectivity index (χ1) is 17.3. The minimum absolute atomic E-state index is 0.0495. The monoisotopic (exact) mass is 530 g/mol. The molecule has 190 valence electrons. The molecule has 0 bridgehead atoms. The lowest BCUT2D eigenvalue weighted by Gasteiger charge is -2.40. The number of nitrogens with zero attached hydrogens (tertiary/aromatic N) is 2. The fraction of sp³-hybridized carbons (Fsp3) is 0.393. The van der Waals surface area contributed by atoms with E-state index < -0.39 is 11.9 Å². The third kappa shape index (κ3) is 6.11. The van der Waals surface area contributed by atoms with Gasteiger partial charge >= 0.3 is 0 Å². The first kappa shape index (κ1) is 26.7. The van der Waals surface area contributed by atoms with E-state index >= 15 is 0 Å². The van der Waals surface area contributed by atoms with Crippen molar-refractivity contribution in [2.75, 3.05) is 33.4 Å². The zero-order valence-corrected chi connectivity index (χ0v) is 21.6. The van der Waals surface area contributed by atoms with Crippen LogP contribution >= 0.6 is 23.2 Å². The molecule has 1 aromatic heterocycles. The molecule has 0 radical (unpaired) electrons. The molecular formula is C28H29Cl2FN2O3. The van der Waals surface area contributed by atoms with Crippen molar-refractivity contribution < 1.29 is 19.3 Å². The van der Waals surface area contributed by atoms with Crippen LogP contribution in [0.3, 0.4) is 0 Å². The van der Waals surface area contributed by atoms with Crippen LogP contribution in [0.5, 0.6) is 5.75 Å². The Kier molecular flexibility index (Phi) is 8.71. The van der Waals surface area contributed by atoms with E-state index in [9.17, 15) is 14.6 Å². The van der Waals surface area contributed by atoms with Gasteiger partial charge in [-0.3, -0.25) is 9.88 Å². The Morgan fingerprint density at radius 3 is 2.67 bits per heavy atom. The summed E-state index contributed by atoms with van der Waals surface area (Å²) < 4.78 is 19.3. The summed E-state index contributed by atoms with van der Waals surface area (Å²) in [6, 6.07) is 9.97. The van der Waals surface area contributed by atoms with Crippen molar-refractivity contribution in [3.8, 4) is 17.6 Å². The van der Waals surface area contributed by atoms with Gasteiger partial charge in [0.1, 0.15) is 11.6 Å². The SMILES string of the molecule is COc1ccc2ncc(Cl)c(C(O)CCC3(CO)CCN(CC#Cc4ccc(Cl)cc4F)CC3)c2c1. The van der Waals surface area contributed by atoms with Crippen LogP contribution in [0.2, 0.25) is 10.0 Å². The van der Waals surface area contributed by atoms with Crippen LogP contribution in [0, 0.1) is 23.1 Å². The largest absolute Gasteiger partial charge is 0.497 e. The van der Waals surface area contributed by atoms with E-state index in [4.69, 9.17) is 27.9 Å². The number of hydrogen-bond donors (Lipinski definition) is 2. The second-order valence-corrected chi connectivity index (χ2v) is 10.2. The van der Waals surface area contributed by atoms with Crippen LogP contribution < -0.4 is 4.74 Å². The van der Waals surface area contributed by atoms with Crippen molar-refractivity contribution in [1.29, 1.82) is 0 Å². The maximum absolute atomic E-state index is 13.9. The van der Waals surface area contributed by atoms with Crippen molar-refractivity contribution in [1.82, 2.24) is 9.88 Å². The number of benzene rings is 2. The number of hydrogen-bond acceptors (Lipinski definition) is 5. The molecule has 1 saturated heterocycles. The van der Waals surface area contributed by atoms with Crippen LogP contribution in [-0.2, 0) is 0 Å². The van der Waals surface area contributed by atoms with E-state index in [1.165, 1.54) is 6.07 Å². The average Bonchev–Trinajstić information content (AvgIpc) is 2.89. The topological polar surface area (TPSA) is 65.8 Å². The number of pyridine rings is 1. The molecule has 8 heteroatoms. The predicted molar refractivity (Wildman–Crippen MR) is 141 cm³/mol. The van der Waals surface area contributed by atoms with E-state index in [0.717, 1.165) is 36.8 Å². The van der Waals surface area contributed by atoms with Crippen molar-refractivity contribution in [3.05, 3.63) is 69.6 Å². The molecule has 1 unspecified atom stereocenters. The van der Waals surface area contributed by atoms with Crippen molar-refractivity contribution in [2.24, 2.45) is 5.41 Å². The highest BCUT2D eigenvalue weighted by Gasteiger charge is 2.34. The van der Waals surface area contributed by atoms with Gasteiger partial charge in [-0.2, -0.15) is 0 Å².